The second kappa shape index (κ2) is 5.90. The average Bonchev–Trinajstić information content (AvgIpc) is 2.64. The molecule has 0 N–H and O–H groups in total. The molecule has 112 valence electrons. The molecule has 1 aliphatic heterocycles. The van der Waals surface area contributed by atoms with Crippen LogP contribution in [0.5, 0.6) is 5.75 Å². The Labute approximate surface area is 121 Å². The molecule has 1 saturated heterocycles. The monoisotopic (exact) mass is 294 g/mol. The summed E-state index contributed by atoms with van der Waals surface area (Å²) in [6, 6.07) is 4.35. The third kappa shape index (κ3) is 3.01. The van der Waals surface area contributed by atoms with E-state index in [2.05, 4.69) is 0 Å². The van der Waals surface area contributed by atoms with Gasteiger partial charge in [0.2, 0.25) is 0 Å². The number of nitrogens with zero attached hydrogens (tertiary/aromatic N) is 2. The molecule has 1 aromatic rings. The van der Waals surface area contributed by atoms with Crippen molar-refractivity contribution in [1.82, 2.24) is 9.80 Å². The normalized spacial score (nSPS) is 15.3. The van der Waals surface area contributed by atoms with Gasteiger partial charge < -0.3 is 4.74 Å². The van der Waals surface area contributed by atoms with Crippen molar-refractivity contribution in [2.45, 2.75) is 19.9 Å². The SMILES string of the molecule is CC(C)N1C(=O)C(=O)N(CCOc2ccc(F)cc2)C1=O. The van der Waals surface area contributed by atoms with Crippen LogP contribution in [0.4, 0.5) is 9.18 Å². The van der Waals surface area contributed by atoms with E-state index in [1.54, 1.807) is 13.8 Å². The number of benzene rings is 1. The van der Waals surface area contributed by atoms with Crippen LogP contribution in [0.15, 0.2) is 24.3 Å². The van der Waals surface area contributed by atoms with Gasteiger partial charge in [-0.05, 0) is 38.1 Å². The lowest BCUT2D eigenvalue weighted by atomic mass is 10.3. The quantitative estimate of drug-likeness (QED) is 0.608. The zero-order valence-corrected chi connectivity index (χ0v) is 11.7. The third-order valence-corrected chi connectivity index (χ3v) is 3.00. The van der Waals surface area contributed by atoms with Crippen LogP contribution in [0.25, 0.3) is 0 Å². The minimum Gasteiger partial charge on any atom is -0.492 e. The molecule has 1 heterocycles. The van der Waals surface area contributed by atoms with Crippen molar-refractivity contribution < 1.29 is 23.5 Å². The number of carbonyl (C=O) groups excluding carboxylic acids is 3. The summed E-state index contributed by atoms with van der Waals surface area (Å²) >= 11 is 0. The Morgan fingerprint density at radius 1 is 1.10 bits per heavy atom. The number of ether oxygens (including phenoxy) is 1. The van der Waals surface area contributed by atoms with Gasteiger partial charge in [-0.1, -0.05) is 0 Å². The van der Waals surface area contributed by atoms with E-state index in [1.165, 1.54) is 24.3 Å². The zero-order valence-electron chi connectivity index (χ0n) is 11.7. The first-order chi connectivity index (χ1) is 9.91. The molecule has 1 aliphatic rings. The molecule has 6 nitrogen and oxygen atoms in total. The first kappa shape index (κ1) is 15.0. The van der Waals surface area contributed by atoms with Gasteiger partial charge in [0.15, 0.2) is 0 Å². The summed E-state index contributed by atoms with van der Waals surface area (Å²) in [5.41, 5.74) is 0. The highest BCUT2D eigenvalue weighted by atomic mass is 19.1. The van der Waals surface area contributed by atoms with E-state index in [9.17, 15) is 18.8 Å². The maximum Gasteiger partial charge on any atom is 0.334 e. The number of hydrogen-bond acceptors (Lipinski definition) is 4. The highest BCUT2D eigenvalue weighted by molar-refractivity contribution is 6.44. The van der Waals surface area contributed by atoms with Gasteiger partial charge in [0.25, 0.3) is 0 Å². The Hall–Kier alpha value is -2.44. The number of imide groups is 2. The molecule has 0 bridgehead atoms. The van der Waals surface area contributed by atoms with Gasteiger partial charge >= 0.3 is 17.8 Å². The molecule has 1 fully saturated rings. The molecule has 21 heavy (non-hydrogen) atoms. The Kier molecular flexibility index (Phi) is 4.21. The number of amides is 4. The molecule has 4 amide bonds. The minimum atomic E-state index is -0.851. The van der Waals surface area contributed by atoms with Crippen LogP contribution in [0.2, 0.25) is 0 Å². The van der Waals surface area contributed by atoms with Crippen molar-refractivity contribution in [3.05, 3.63) is 30.1 Å². The first-order valence-electron chi connectivity index (χ1n) is 6.49. The molecular formula is C14H15FN2O4. The van der Waals surface area contributed by atoms with E-state index in [0.29, 0.717) is 5.75 Å². The fourth-order valence-corrected chi connectivity index (χ4v) is 1.96. The van der Waals surface area contributed by atoms with Crippen molar-refractivity contribution in [3.8, 4) is 5.75 Å². The smallest absolute Gasteiger partial charge is 0.334 e. The Morgan fingerprint density at radius 2 is 1.71 bits per heavy atom. The average molecular weight is 294 g/mol. The van der Waals surface area contributed by atoms with Gasteiger partial charge in [0.1, 0.15) is 18.2 Å². The van der Waals surface area contributed by atoms with Crippen molar-refractivity contribution in [2.75, 3.05) is 13.2 Å². The molecule has 2 rings (SSSR count). The topological polar surface area (TPSA) is 66.9 Å². The zero-order chi connectivity index (χ0) is 15.6. The van der Waals surface area contributed by atoms with E-state index >= 15 is 0 Å². The van der Waals surface area contributed by atoms with Crippen molar-refractivity contribution in [3.63, 3.8) is 0 Å². The van der Waals surface area contributed by atoms with Crippen LogP contribution in [0.1, 0.15) is 13.8 Å². The van der Waals surface area contributed by atoms with Crippen LogP contribution in [0, 0.1) is 5.82 Å². The number of rotatable bonds is 5. The summed E-state index contributed by atoms with van der Waals surface area (Å²) in [5.74, 6) is -1.64. The van der Waals surface area contributed by atoms with Crippen LogP contribution >= 0.6 is 0 Å². The Balaban J connectivity index is 1.94. The molecule has 0 unspecified atom stereocenters. The molecule has 1 aromatic carbocycles. The molecule has 0 spiro atoms. The second-order valence-electron chi connectivity index (χ2n) is 4.81. The van der Waals surface area contributed by atoms with E-state index in [0.717, 1.165) is 9.80 Å². The number of carbonyl (C=O) groups is 3. The number of urea groups is 1. The summed E-state index contributed by atoms with van der Waals surface area (Å²) in [6.45, 7) is 3.30. The molecule has 7 heteroatoms. The van der Waals surface area contributed by atoms with E-state index in [4.69, 9.17) is 4.74 Å². The lowest BCUT2D eigenvalue weighted by Gasteiger charge is -2.18. The molecule has 0 aromatic heterocycles. The predicted octanol–water partition coefficient (Wildman–Crippen LogP) is 1.40. The van der Waals surface area contributed by atoms with Gasteiger partial charge in [-0.2, -0.15) is 0 Å². The fraction of sp³-hybridized carbons (Fsp3) is 0.357. The van der Waals surface area contributed by atoms with Crippen LogP contribution < -0.4 is 4.74 Å². The van der Waals surface area contributed by atoms with E-state index in [1.807, 2.05) is 0 Å². The minimum absolute atomic E-state index is 0.0301. The largest absolute Gasteiger partial charge is 0.492 e. The summed E-state index contributed by atoms with van der Waals surface area (Å²) in [7, 11) is 0. The maximum absolute atomic E-state index is 12.7. The number of hydrogen-bond donors (Lipinski definition) is 0. The fourth-order valence-electron chi connectivity index (χ4n) is 1.96. The van der Waals surface area contributed by atoms with Crippen LogP contribution in [-0.4, -0.2) is 46.8 Å². The van der Waals surface area contributed by atoms with E-state index in [-0.39, 0.29) is 25.0 Å². The lowest BCUT2D eigenvalue weighted by molar-refractivity contribution is -0.143. The van der Waals surface area contributed by atoms with Crippen molar-refractivity contribution in [1.29, 1.82) is 0 Å². The lowest BCUT2D eigenvalue weighted by Crippen LogP contribution is -2.39. The van der Waals surface area contributed by atoms with Gasteiger partial charge in [0.05, 0.1) is 6.54 Å². The summed E-state index contributed by atoms with van der Waals surface area (Å²) in [6.07, 6.45) is 0. The predicted molar refractivity (Wildman–Crippen MR) is 71.0 cm³/mol. The third-order valence-electron chi connectivity index (χ3n) is 3.00. The van der Waals surface area contributed by atoms with Gasteiger partial charge in [-0.25, -0.2) is 9.18 Å². The molecule has 0 atom stereocenters. The van der Waals surface area contributed by atoms with Gasteiger partial charge in [-0.3, -0.25) is 19.4 Å². The van der Waals surface area contributed by atoms with Crippen molar-refractivity contribution in [2.24, 2.45) is 0 Å². The molecule has 0 aliphatic carbocycles. The highest BCUT2D eigenvalue weighted by Gasteiger charge is 2.45. The summed E-state index contributed by atoms with van der Waals surface area (Å²) in [5, 5.41) is 0. The standard InChI is InChI=1S/C14H15FN2O4/c1-9(2)17-13(19)12(18)16(14(17)20)7-8-21-11-5-3-10(15)4-6-11/h3-6,9H,7-8H2,1-2H3. The Morgan fingerprint density at radius 3 is 2.24 bits per heavy atom. The second-order valence-corrected chi connectivity index (χ2v) is 4.81. The summed E-state index contributed by atoms with van der Waals surface area (Å²) in [4.78, 5) is 37.1. The first-order valence-corrected chi connectivity index (χ1v) is 6.49. The number of halogens is 1. The van der Waals surface area contributed by atoms with Crippen LogP contribution in [0.3, 0.4) is 0 Å². The van der Waals surface area contributed by atoms with E-state index < -0.39 is 17.8 Å². The maximum atomic E-state index is 12.7. The van der Waals surface area contributed by atoms with Gasteiger partial charge in [0, 0.05) is 6.04 Å². The molecule has 0 radical (unpaired) electrons. The molecular weight excluding hydrogens is 279 g/mol. The Bertz CT molecular complexity index is 571. The van der Waals surface area contributed by atoms with Crippen LogP contribution in [-0.2, 0) is 9.59 Å². The van der Waals surface area contributed by atoms with Gasteiger partial charge in [-0.15, -0.1) is 0 Å². The summed E-state index contributed by atoms with van der Waals surface area (Å²) < 4.78 is 18.0. The highest BCUT2D eigenvalue weighted by Crippen LogP contribution is 2.16. The molecule has 0 saturated carbocycles. The van der Waals surface area contributed by atoms with Crippen molar-refractivity contribution >= 4 is 17.8 Å².